The van der Waals surface area contributed by atoms with Crippen molar-refractivity contribution < 1.29 is 43.4 Å². The lowest BCUT2D eigenvalue weighted by Gasteiger charge is -2.32. The number of aliphatic carboxylic acids is 1. The molecule has 2 saturated heterocycles. The van der Waals surface area contributed by atoms with E-state index in [0.29, 0.717) is 45.5 Å². The average molecular weight is 563 g/mol. The number of ether oxygens (including phenoxy) is 6. The molecular formula is C31H46O9. The van der Waals surface area contributed by atoms with Crippen LogP contribution in [0.4, 0.5) is 0 Å². The minimum absolute atomic E-state index is 0.149. The van der Waals surface area contributed by atoms with Crippen molar-refractivity contribution in [3.8, 4) is 5.75 Å². The fraction of sp³-hybridized carbons (Fsp3) is 0.710. The van der Waals surface area contributed by atoms with Crippen LogP contribution in [-0.4, -0.2) is 79.6 Å². The van der Waals surface area contributed by atoms with E-state index in [2.05, 4.69) is 0 Å². The highest BCUT2D eigenvalue weighted by molar-refractivity contribution is 5.66. The summed E-state index contributed by atoms with van der Waals surface area (Å²) in [6.07, 6.45) is 10.2. The minimum Gasteiger partial charge on any atom is -0.491 e. The maximum Gasteiger partial charge on any atom is 0.303 e. The number of benzene rings is 1. The summed E-state index contributed by atoms with van der Waals surface area (Å²) in [6.45, 7) is 1.95. The van der Waals surface area contributed by atoms with Crippen molar-refractivity contribution in [2.45, 2.75) is 108 Å². The van der Waals surface area contributed by atoms with Gasteiger partial charge in [-0.3, -0.25) is 4.79 Å². The number of carboxylic acid groups (broad SMARTS) is 1. The first-order valence-electron chi connectivity index (χ1n) is 15.0. The van der Waals surface area contributed by atoms with Crippen LogP contribution in [0.2, 0.25) is 0 Å². The van der Waals surface area contributed by atoms with Gasteiger partial charge in [0.1, 0.15) is 18.5 Å². The summed E-state index contributed by atoms with van der Waals surface area (Å²) < 4.78 is 36.9. The standard InChI is InChI=1S/C31H46O9/c32-26-20-27(40-30-17-9-11-19-36-30)31(25(26)14-6-1-2-7-15-28(33)34)38-22-24(39-29-16-8-10-18-35-29)21-37-23-12-4-3-5-13-23/h1,3-6,12-13,24-27,29-32H,2,7-11,14-22H2,(H,33,34)/t24?,25-,26-,27+,29?,30?,31+/m0/s1. The Bertz CT molecular complexity index is 867. The van der Waals surface area contributed by atoms with Gasteiger partial charge in [0.2, 0.25) is 0 Å². The summed E-state index contributed by atoms with van der Waals surface area (Å²) in [5.74, 6) is -0.186. The van der Waals surface area contributed by atoms with Crippen LogP contribution in [0.3, 0.4) is 0 Å². The van der Waals surface area contributed by atoms with E-state index in [0.717, 1.165) is 44.3 Å². The number of allylic oxidation sites excluding steroid dienone is 2. The zero-order chi connectivity index (χ0) is 28.0. The van der Waals surface area contributed by atoms with Crippen LogP contribution in [0.1, 0.15) is 70.6 Å². The number of unbranched alkanes of at least 4 members (excludes halogenated alkanes) is 1. The van der Waals surface area contributed by atoms with Gasteiger partial charge < -0.3 is 38.6 Å². The van der Waals surface area contributed by atoms with Crippen molar-refractivity contribution >= 4 is 5.97 Å². The molecule has 3 fully saturated rings. The third kappa shape index (κ3) is 10.4. The molecule has 4 rings (SSSR count). The van der Waals surface area contributed by atoms with Crippen molar-refractivity contribution in [3.05, 3.63) is 42.5 Å². The molecule has 0 bridgehead atoms. The van der Waals surface area contributed by atoms with Crippen molar-refractivity contribution in [2.24, 2.45) is 5.92 Å². The molecule has 0 spiro atoms. The second kappa shape index (κ2) is 17.1. The summed E-state index contributed by atoms with van der Waals surface area (Å²) >= 11 is 0. The van der Waals surface area contributed by atoms with Gasteiger partial charge in [-0.1, -0.05) is 30.4 Å². The Hall–Kier alpha value is -2.01. The molecule has 0 aromatic heterocycles. The molecule has 0 amide bonds. The Morgan fingerprint density at radius 2 is 1.75 bits per heavy atom. The highest BCUT2D eigenvalue weighted by atomic mass is 16.7. The number of para-hydroxylation sites is 1. The molecule has 9 heteroatoms. The Morgan fingerprint density at radius 1 is 1.00 bits per heavy atom. The topological polar surface area (TPSA) is 113 Å². The van der Waals surface area contributed by atoms with Crippen LogP contribution in [-0.2, 0) is 28.5 Å². The maximum absolute atomic E-state index is 11.0. The summed E-state index contributed by atoms with van der Waals surface area (Å²) in [6, 6.07) is 9.63. The summed E-state index contributed by atoms with van der Waals surface area (Å²) in [5, 5.41) is 19.9. The predicted molar refractivity (Wildman–Crippen MR) is 148 cm³/mol. The van der Waals surface area contributed by atoms with Gasteiger partial charge in [0.05, 0.1) is 24.9 Å². The fourth-order valence-electron chi connectivity index (χ4n) is 5.54. The van der Waals surface area contributed by atoms with E-state index in [1.54, 1.807) is 0 Å². The second-order valence-electron chi connectivity index (χ2n) is 10.9. The van der Waals surface area contributed by atoms with Gasteiger partial charge in [0.15, 0.2) is 12.6 Å². The molecule has 1 aromatic carbocycles. The number of carboxylic acids is 1. The summed E-state index contributed by atoms with van der Waals surface area (Å²) in [4.78, 5) is 10.8. The van der Waals surface area contributed by atoms with E-state index in [1.165, 1.54) is 0 Å². The molecule has 2 aliphatic heterocycles. The quantitative estimate of drug-likeness (QED) is 0.215. The van der Waals surface area contributed by atoms with Gasteiger partial charge in [-0.2, -0.15) is 0 Å². The number of hydrogen-bond acceptors (Lipinski definition) is 8. The first-order valence-corrected chi connectivity index (χ1v) is 15.0. The van der Waals surface area contributed by atoms with Gasteiger partial charge in [0.25, 0.3) is 0 Å². The van der Waals surface area contributed by atoms with E-state index in [9.17, 15) is 9.90 Å². The lowest BCUT2D eigenvalue weighted by molar-refractivity contribution is -0.226. The summed E-state index contributed by atoms with van der Waals surface area (Å²) in [7, 11) is 0. The predicted octanol–water partition coefficient (Wildman–Crippen LogP) is 4.86. The minimum atomic E-state index is -0.787. The van der Waals surface area contributed by atoms with Crippen molar-refractivity contribution in [2.75, 3.05) is 26.4 Å². The van der Waals surface area contributed by atoms with Gasteiger partial charge >= 0.3 is 5.97 Å². The van der Waals surface area contributed by atoms with Gasteiger partial charge in [0, 0.05) is 32.0 Å². The number of aliphatic hydroxyl groups is 1. The molecule has 2 heterocycles. The molecule has 2 N–H and O–H groups in total. The zero-order valence-corrected chi connectivity index (χ0v) is 23.4. The number of rotatable bonds is 16. The average Bonchev–Trinajstić information content (AvgIpc) is 3.26. The zero-order valence-electron chi connectivity index (χ0n) is 23.4. The Kier molecular flexibility index (Phi) is 13.2. The molecule has 1 saturated carbocycles. The van der Waals surface area contributed by atoms with Crippen LogP contribution in [0, 0.1) is 5.92 Å². The van der Waals surface area contributed by atoms with Crippen LogP contribution in [0.15, 0.2) is 42.5 Å². The molecule has 224 valence electrons. The van der Waals surface area contributed by atoms with Crippen molar-refractivity contribution in [1.29, 1.82) is 0 Å². The van der Waals surface area contributed by atoms with Crippen LogP contribution < -0.4 is 4.74 Å². The highest BCUT2D eigenvalue weighted by Gasteiger charge is 2.45. The van der Waals surface area contributed by atoms with E-state index < -0.39 is 12.1 Å². The fourth-order valence-corrected chi connectivity index (χ4v) is 5.54. The highest BCUT2D eigenvalue weighted by Crippen LogP contribution is 2.36. The first-order chi connectivity index (χ1) is 19.6. The Morgan fingerprint density at radius 3 is 2.45 bits per heavy atom. The molecule has 7 atom stereocenters. The first kappa shape index (κ1) is 30.9. The Labute approximate surface area is 237 Å². The maximum atomic E-state index is 11.0. The van der Waals surface area contributed by atoms with E-state index in [-0.39, 0.29) is 49.8 Å². The molecule has 40 heavy (non-hydrogen) atoms. The monoisotopic (exact) mass is 562 g/mol. The van der Waals surface area contributed by atoms with Crippen LogP contribution in [0.25, 0.3) is 0 Å². The Balaban J connectivity index is 1.39. The molecule has 9 nitrogen and oxygen atoms in total. The van der Waals surface area contributed by atoms with E-state index in [1.807, 2.05) is 42.5 Å². The van der Waals surface area contributed by atoms with E-state index in [4.69, 9.17) is 33.5 Å². The lowest BCUT2D eigenvalue weighted by atomic mass is 9.98. The normalized spacial score (nSPS) is 29.9. The third-order valence-corrected chi connectivity index (χ3v) is 7.69. The van der Waals surface area contributed by atoms with Crippen molar-refractivity contribution in [1.82, 2.24) is 0 Å². The molecular weight excluding hydrogens is 516 g/mol. The largest absolute Gasteiger partial charge is 0.491 e. The van der Waals surface area contributed by atoms with Gasteiger partial charge in [-0.05, 0) is 69.9 Å². The summed E-state index contributed by atoms with van der Waals surface area (Å²) in [5.41, 5.74) is 0. The molecule has 1 aliphatic carbocycles. The van der Waals surface area contributed by atoms with Gasteiger partial charge in [-0.15, -0.1) is 0 Å². The van der Waals surface area contributed by atoms with Crippen molar-refractivity contribution in [3.63, 3.8) is 0 Å². The third-order valence-electron chi connectivity index (χ3n) is 7.69. The second-order valence-corrected chi connectivity index (χ2v) is 10.9. The molecule has 0 radical (unpaired) electrons. The number of carbonyl (C=O) groups is 1. The lowest BCUT2D eigenvalue weighted by Crippen LogP contribution is -2.40. The van der Waals surface area contributed by atoms with Crippen LogP contribution >= 0.6 is 0 Å². The van der Waals surface area contributed by atoms with E-state index >= 15 is 0 Å². The SMILES string of the molecule is O=C(O)CCCC=CC[C@@H]1[C@@H](OCC(COc2ccccc2)OC2CCCCO2)[C@H](OC2CCCCO2)C[C@@H]1O. The smallest absolute Gasteiger partial charge is 0.303 e. The number of hydrogen-bond donors (Lipinski definition) is 2. The van der Waals surface area contributed by atoms with Crippen LogP contribution in [0.5, 0.6) is 5.75 Å². The van der Waals surface area contributed by atoms with Gasteiger partial charge in [-0.25, -0.2) is 0 Å². The molecule has 1 aromatic rings. The molecule has 3 unspecified atom stereocenters. The number of aliphatic hydroxyl groups excluding tert-OH is 1. The molecule has 3 aliphatic rings.